The van der Waals surface area contributed by atoms with Gasteiger partial charge in [0.25, 0.3) is 11.8 Å². The van der Waals surface area contributed by atoms with Gasteiger partial charge in [-0.25, -0.2) is 9.97 Å². The molecule has 0 radical (unpaired) electrons. The molecule has 3 aromatic rings. The lowest BCUT2D eigenvalue weighted by molar-refractivity contribution is -0.141. The Hall–Kier alpha value is -4.21. The SMILES string of the molecule is CCC(C)C1NC(=O)C(C(C)O)NC(=O)C2CCCN2C(=O)C(Cc2ccccc2)NC(=O)c2csc(n2)C(C(C)C)NC(=O)c2csc1n2. The highest BCUT2D eigenvalue weighted by atomic mass is 32.1. The molecule has 2 aromatic heterocycles. The van der Waals surface area contributed by atoms with Gasteiger partial charge in [0.15, 0.2) is 0 Å². The number of amides is 5. The standard InChI is InChI=1S/C35H45N7O6S2/c1-6-19(4)27-34-38-24(17-50-34)30(45)39-26(18(2)3)33-37-23(16-49-33)29(44)36-22(15-21-11-8-7-9-12-21)35(48)42-14-10-13-25(42)31(46)41-28(20(5)43)32(47)40-27/h7-9,11-12,16-20,22,25-28,43H,6,10,13-15H2,1-5H3,(H,36,44)(H,39,45)(H,40,47)(H,41,46). The number of rotatable bonds is 6. The number of hydrogen-bond donors (Lipinski definition) is 5. The van der Waals surface area contributed by atoms with Crippen LogP contribution in [-0.4, -0.2) is 80.3 Å². The van der Waals surface area contributed by atoms with Crippen LogP contribution in [0.15, 0.2) is 41.1 Å². The van der Waals surface area contributed by atoms with Gasteiger partial charge < -0.3 is 31.3 Å². The van der Waals surface area contributed by atoms with Crippen LogP contribution in [0.4, 0.5) is 0 Å². The van der Waals surface area contributed by atoms with Gasteiger partial charge in [-0.1, -0.05) is 64.4 Å². The van der Waals surface area contributed by atoms with Crippen LogP contribution in [0, 0.1) is 11.8 Å². The molecular formula is C35H45N7O6S2. The van der Waals surface area contributed by atoms with Crippen LogP contribution < -0.4 is 21.3 Å². The van der Waals surface area contributed by atoms with E-state index in [1.807, 2.05) is 58.0 Å². The molecule has 7 atom stereocenters. The van der Waals surface area contributed by atoms with Crippen LogP contribution in [-0.2, 0) is 20.8 Å². The number of aliphatic hydroxyl groups excluding tert-OH is 1. The topological polar surface area (TPSA) is 183 Å². The molecule has 13 nitrogen and oxygen atoms in total. The highest BCUT2D eigenvalue weighted by Gasteiger charge is 2.40. The summed E-state index contributed by atoms with van der Waals surface area (Å²) in [5.74, 6) is -2.82. The van der Waals surface area contributed by atoms with E-state index in [1.54, 1.807) is 10.8 Å². The third-order valence-corrected chi connectivity index (χ3v) is 11.1. The predicted molar refractivity (Wildman–Crippen MR) is 189 cm³/mol. The molecule has 0 aliphatic carbocycles. The molecule has 0 saturated carbocycles. The Kier molecular flexibility index (Phi) is 12.0. The Labute approximate surface area is 299 Å². The van der Waals surface area contributed by atoms with E-state index in [4.69, 9.17) is 0 Å². The van der Waals surface area contributed by atoms with E-state index >= 15 is 0 Å². The van der Waals surface area contributed by atoms with E-state index in [9.17, 15) is 29.1 Å². The molecule has 1 aromatic carbocycles. The van der Waals surface area contributed by atoms with Crippen LogP contribution in [0.3, 0.4) is 0 Å². The predicted octanol–water partition coefficient (Wildman–Crippen LogP) is 3.14. The van der Waals surface area contributed by atoms with Gasteiger partial charge in [0.05, 0.1) is 18.2 Å². The van der Waals surface area contributed by atoms with E-state index < -0.39 is 65.8 Å². The Bertz CT molecular complexity index is 1690. The minimum absolute atomic E-state index is 0.0881. The van der Waals surface area contributed by atoms with Crippen molar-refractivity contribution < 1.29 is 29.1 Å². The van der Waals surface area contributed by atoms with Gasteiger partial charge in [0.2, 0.25) is 17.7 Å². The van der Waals surface area contributed by atoms with Gasteiger partial charge in [-0.2, -0.15) is 0 Å². The first kappa shape index (κ1) is 37.1. The van der Waals surface area contributed by atoms with Crippen LogP contribution in [0.5, 0.6) is 0 Å². The minimum Gasteiger partial charge on any atom is -0.391 e. The number of fused-ring (bicyclic) bond motifs is 5. The van der Waals surface area contributed by atoms with Crippen LogP contribution in [0.2, 0.25) is 0 Å². The zero-order valence-corrected chi connectivity index (χ0v) is 30.5. The third kappa shape index (κ3) is 8.38. The zero-order valence-electron chi connectivity index (χ0n) is 28.8. The van der Waals surface area contributed by atoms with Gasteiger partial charge in [0.1, 0.15) is 39.5 Å². The van der Waals surface area contributed by atoms with Crippen molar-refractivity contribution in [1.82, 2.24) is 36.1 Å². The Morgan fingerprint density at radius 1 is 0.820 bits per heavy atom. The number of aromatic nitrogens is 2. The largest absolute Gasteiger partial charge is 0.391 e. The van der Waals surface area contributed by atoms with Crippen molar-refractivity contribution in [3.05, 3.63) is 68.1 Å². The molecule has 2 aliphatic rings. The normalized spacial score (nSPS) is 25.1. The van der Waals surface area contributed by atoms with Gasteiger partial charge >= 0.3 is 0 Å². The Balaban J connectivity index is 1.55. The molecule has 1 fully saturated rings. The lowest BCUT2D eigenvalue weighted by atomic mass is 9.98. The van der Waals surface area contributed by atoms with Crippen molar-refractivity contribution in [3.8, 4) is 0 Å². The Morgan fingerprint density at radius 2 is 1.42 bits per heavy atom. The first-order chi connectivity index (χ1) is 23.9. The second kappa shape index (κ2) is 16.2. The van der Waals surface area contributed by atoms with Crippen LogP contribution in [0.25, 0.3) is 0 Å². The summed E-state index contributed by atoms with van der Waals surface area (Å²) in [6, 6.07) is 4.85. The molecule has 5 amide bonds. The highest BCUT2D eigenvalue weighted by molar-refractivity contribution is 7.10. The summed E-state index contributed by atoms with van der Waals surface area (Å²) in [6.45, 7) is 9.47. The maximum absolute atomic E-state index is 14.2. The molecule has 4 heterocycles. The highest BCUT2D eigenvalue weighted by Crippen LogP contribution is 2.30. The summed E-state index contributed by atoms with van der Waals surface area (Å²) in [5.41, 5.74) is 1.09. The summed E-state index contributed by atoms with van der Waals surface area (Å²) in [5, 5.41) is 26.5. The summed E-state index contributed by atoms with van der Waals surface area (Å²) in [7, 11) is 0. The Morgan fingerprint density at radius 3 is 2.02 bits per heavy atom. The van der Waals surface area contributed by atoms with E-state index in [0.717, 1.165) is 5.56 Å². The molecule has 5 N–H and O–H groups in total. The van der Waals surface area contributed by atoms with Crippen molar-refractivity contribution in [1.29, 1.82) is 0 Å². The average Bonchev–Trinajstić information content (AvgIpc) is 3.89. The maximum Gasteiger partial charge on any atom is 0.271 e. The molecule has 50 heavy (non-hydrogen) atoms. The smallest absolute Gasteiger partial charge is 0.271 e. The quantitative estimate of drug-likeness (QED) is 0.257. The van der Waals surface area contributed by atoms with Gasteiger partial charge in [-0.15, -0.1) is 22.7 Å². The lowest BCUT2D eigenvalue weighted by Gasteiger charge is -2.31. The summed E-state index contributed by atoms with van der Waals surface area (Å²) >= 11 is 2.46. The zero-order chi connectivity index (χ0) is 36.1. The molecule has 5 rings (SSSR count). The van der Waals surface area contributed by atoms with E-state index in [0.29, 0.717) is 29.3 Å². The summed E-state index contributed by atoms with van der Waals surface area (Å²) in [6.07, 6.45) is 0.477. The molecule has 7 unspecified atom stereocenters. The number of nitrogens with one attached hydrogen (secondary N) is 4. The third-order valence-electron chi connectivity index (χ3n) is 9.29. The first-order valence-electron chi connectivity index (χ1n) is 17.0. The molecule has 4 bridgehead atoms. The average molecular weight is 724 g/mol. The fourth-order valence-corrected chi connectivity index (χ4v) is 8.17. The van der Waals surface area contributed by atoms with Gasteiger partial charge in [-0.3, -0.25) is 24.0 Å². The van der Waals surface area contributed by atoms with Crippen molar-refractivity contribution in [2.45, 2.75) is 96.6 Å². The lowest BCUT2D eigenvalue weighted by Crippen LogP contribution is -2.59. The fourth-order valence-electron chi connectivity index (χ4n) is 6.16. The number of aliphatic hydroxyl groups is 1. The number of carbonyl (C=O) groups excluding carboxylic acids is 5. The van der Waals surface area contributed by atoms with Gasteiger partial charge in [0, 0.05) is 23.7 Å². The molecular weight excluding hydrogens is 679 g/mol. The molecule has 0 spiro atoms. The molecule has 2 aliphatic heterocycles. The second-order valence-electron chi connectivity index (χ2n) is 13.3. The number of hydrogen-bond acceptors (Lipinski definition) is 10. The second-order valence-corrected chi connectivity index (χ2v) is 15.1. The van der Waals surface area contributed by atoms with Crippen LogP contribution >= 0.6 is 22.7 Å². The van der Waals surface area contributed by atoms with E-state index in [2.05, 4.69) is 31.2 Å². The first-order valence-corrected chi connectivity index (χ1v) is 18.8. The number of carbonyl (C=O) groups is 5. The summed E-state index contributed by atoms with van der Waals surface area (Å²) in [4.78, 5) is 79.5. The van der Waals surface area contributed by atoms with Crippen LogP contribution in [0.1, 0.15) is 103 Å². The monoisotopic (exact) mass is 723 g/mol. The van der Waals surface area contributed by atoms with Crippen molar-refractivity contribution in [2.24, 2.45) is 11.8 Å². The molecule has 268 valence electrons. The molecule has 1 saturated heterocycles. The minimum atomic E-state index is -1.33. The van der Waals surface area contributed by atoms with Crippen molar-refractivity contribution >= 4 is 52.2 Å². The van der Waals surface area contributed by atoms with E-state index in [-0.39, 0.29) is 36.2 Å². The number of nitrogens with zero attached hydrogens (tertiary/aromatic N) is 3. The number of benzene rings is 1. The van der Waals surface area contributed by atoms with Crippen molar-refractivity contribution in [2.75, 3.05) is 6.54 Å². The number of thiazole rings is 2. The summed E-state index contributed by atoms with van der Waals surface area (Å²) < 4.78 is 0. The maximum atomic E-state index is 14.2. The van der Waals surface area contributed by atoms with Crippen molar-refractivity contribution in [3.63, 3.8) is 0 Å². The van der Waals surface area contributed by atoms with E-state index in [1.165, 1.54) is 34.5 Å². The fraction of sp³-hybridized carbons (Fsp3) is 0.514. The van der Waals surface area contributed by atoms with Gasteiger partial charge in [-0.05, 0) is 37.2 Å². The molecule has 15 heteroatoms.